The van der Waals surface area contributed by atoms with Gasteiger partial charge in [-0.3, -0.25) is 0 Å². The van der Waals surface area contributed by atoms with Crippen LogP contribution in [0.1, 0.15) is 37.7 Å². The maximum Gasteiger partial charge on any atom is 0.231 e. The third-order valence-corrected chi connectivity index (χ3v) is 4.06. The molecule has 3 heteroatoms. The summed E-state index contributed by atoms with van der Waals surface area (Å²) in [5.74, 6) is 2.15. The van der Waals surface area contributed by atoms with Gasteiger partial charge in [-0.25, -0.2) is 0 Å². The molecule has 0 unspecified atom stereocenters. The van der Waals surface area contributed by atoms with Crippen molar-refractivity contribution in [3.8, 4) is 11.5 Å². The predicted molar refractivity (Wildman–Crippen MR) is 74.2 cm³/mol. The molecule has 19 heavy (non-hydrogen) atoms. The number of rotatable bonds is 3. The van der Waals surface area contributed by atoms with Crippen LogP contribution in [0.15, 0.2) is 23.8 Å². The summed E-state index contributed by atoms with van der Waals surface area (Å²) in [5.41, 5.74) is 2.23. The van der Waals surface area contributed by atoms with E-state index in [0.717, 1.165) is 22.6 Å². The topological polar surface area (TPSA) is 38.7 Å². The van der Waals surface area contributed by atoms with Crippen LogP contribution in [-0.4, -0.2) is 18.5 Å². The minimum absolute atomic E-state index is 0.152. The van der Waals surface area contributed by atoms with Crippen molar-refractivity contribution in [3.05, 3.63) is 29.3 Å². The van der Waals surface area contributed by atoms with Crippen molar-refractivity contribution in [3.63, 3.8) is 0 Å². The fourth-order valence-corrected chi connectivity index (χ4v) is 2.98. The summed E-state index contributed by atoms with van der Waals surface area (Å²) in [6.07, 6.45) is 8.41. The second-order valence-corrected chi connectivity index (χ2v) is 5.32. The Balaban J connectivity index is 1.81. The van der Waals surface area contributed by atoms with Gasteiger partial charge in [-0.05, 0) is 42.0 Å². The second-order valence-electron chi connectivity index (χ2n) is 5.32. The molecule has 1 fully saturated rings. The van der Waals surface area contributed by atoms with E-state index < -0.39 is 0 Å². The van der Waals surface area contributed by atoms with Crippen LogP contribution < -0.4 is 9.47 Å². The Morgan fingerprint density at radius 3 is 2.74 bits per heavy atom. The molecule has 3 nitrogen and oxygen atoms in total. The lowest BCUT2D eigenvalue weighted by molar-refractivity contribution is 0.174. The van der Waals surface area contributed by atoms with E-state index in [1.807, 2.05) is 18.2 Å². The molecule has 2 aliphatic rings. The third kappa shape index (κ3) is 2.76. The molecular weight excluding hydrogens is 240 g/mol. The largest absolute Gasteiger partial charge is 0.454 e. The number of hydrogen-bond donors (Lipinski definition) is 1. The first-order valence-corrected chi connectivity index (χ1v) is 7.08. The van der Waals surface area contributed by atoms with Gasteiger partial charge in [-0.2, -0.15) is 0 Å². The summed E-state index contributed by atoms with van der Waals surface area (Å²) in [5, 5.41) is 9.61. The highest BCUT2D eigenvalue weighted by Crippen LogP contribution is 2.35. The number of aliphatic hydroxyl groups excluding tert-OH is 1. The average molecular weight is 260 g/mol. The van der Waals surface area contributed by atoms with E-state index in [0.29, 0.717) is 12.7 Å². The van der Waals surface area contributed by atoms with E-state index in [4.69, 9.17) is 9.47 Å². The van der Waals surface area contributed by atoms with Crippen molar-refractivity contribution in [2.75, 3.05) is 13.4 Å². The molecule has 102 valence electrons. The van der Waals surface area contributed by atoms with Crippen molar-refractivity contribution >= 4 is 6.08 Å². The van der Waals surface area contributed by atoms with Crippen molar-refractivity contribution < 1.29 is 14.6 Å². The average Bonchev–Trinajstić information content (AvgIpc) is 2.93. The molecule has 1 saturated carbocycles. The highest BCUT2D eigenvalue weighted by atomic mass is 16.7. The number of fused-ring (bicyclic) bond motifs is 1. The molecular formula is C16H20O3. The van der Waals surface area contributed by atoms with Gasteiger partial charge in [0.1, 0.15) is 0 Å². The molecule has 1 aliphatic heterocycles. The molecule has 1 aliphatic carbocycles. The van der Waals surface area contributed by atoms with Gasteiger partial charge in [0.05, 0.1) is 6.61 Å². The van der Waals surface area contributed by atoms with Gasteiger partial charge in [-0.15, -0.1) is 0 Å². The van der Waals surface area contributed by atoms with Crippen LogP contribution in [0, 0.1) is 5.92 Å². The molecule has 1 heterocycles. The lowest BCUT2D eigenvalue weighted by Gasteiger charge is -2.23. The van der Waals surface area contributed by atoms with E-state index >= 15 is 0 Å². The number of ether oxygens (including phenoxy) is 2. The maximum atomic E-state index is 9.61. The zero-order valence-corrected chi connectivity index (χ0v) is 11.1. The van der Waals surface area contributed by atoms with E-state index in [1.165, 1.54) is 32.1 Å². The first-order valence-electron chi connectivity index (χ1n) is 7.08. The summed E-state index contributed by atoms with van der Waals surface area (Å²) < 4.78 is 10.7. The molecule has 0 bridgehead atoms. The van der Waals surface area contributed by atoms with Gasteiger partial charge in [0.25, 0.3) is 0 Å². The van der Waals surface area contributed by atoms with Crippen molar-refractivity contribution in [2.45, 2.75) is 32.1 Å². The molecule has 0 amide bonds. The van der Waals surface area contributed by atoms with Gasteiger partial charge >= 0.3 is 0 Å². The fraction of sp³-hybridized carbons (Fsp3) is 0.500. The van der Waals surface area contributed by atoms with Gasteiger partial charge in [0, 0.05) is 0 Å². The van der Waals surface area contributed by atoms with E-state index in [1.54, 1.807) is 0 Å². The molecule has 0 saturated heterocycles. The van der Waals surface area contributed by atoms with Crippen molar-refractivity contribution in [2.24, 2.45) is 5.92 Å². The lowest BCUT2D eigenvalue weighted by Crippen LogP contribution is -2.11. The maximum absolute atomic E-state index is 9.61. The summed E-state index contributed by atoms with van der Waals surface area (Å²) in [6, 6.07) is 5.94. The fourth-order valence-electron chi connectivity index (χ4n) is 2.98. The van der Waals surface area contributed by atoms with Crippen LogP contribution in [0.2, 0.25) is 0 Å². The minimum atomic E-state index is 0.152. The Bertz CT molecular complexity index is 473. The van der Waals surface area contributed by atoms with Gasteiger partial charge in [0.15, 0.2) is 11.5 Å². The van der Waals surface area contributed by atoms with Gasteiger partial charge < -0.3 is 14.6 Å². The molecule has 0 radical (unpaired) electrons. The summed E-state index contributed by atoms with van der Waals surface area (Å²) in [7, 11) is 0. The Labute approximate surface area is 113 Å². The standard InChI is InChI=1S/C16H20O3/c17-10-14(13-4-2-1-3-5-13)8-12-6-7-15-16(9-12)19-11-18-15/h6-9,13,17H,1-5,10-11H2. The molecule has 0 aromatic heterocycles. The summed E-state index contributed by atoms with van der Waals surface area (Å²) >= 11 is 0. The third-order valence-electron chi connectivity index (χ3n) is 4.06. The van der Waals surface area contributed by atoms with Gasteiger partial charge in [0.2, 0.25) is 6.79 Å². The Hall–Kier alpha value is -1.48. The molecule has 1 aromatic carbocycles. The quantitative estimate of drug-likeness (QED) is 0.905. The normalized spacial score (nSPS) is 19.7. The Morgan fingerprint density at radius 2 is 1.95 bits per heavy atom. The van der Waals surface area contributed by atoms with Crippen molar-refractivity contribution in [1.82, 2.24) is 0 Å². The van der Waals surface area contributed by atoms with Crippen LogP contribution >= 0.6 is 0 Å². The molecule has 3 rings (SSSR count). The smallest absolute Gasteiger partial charge is 0.231 e. The first-order chi connectivity index (χ1) is 9.36. The second kappa shape index (κ2) is 5.66. The number of benzene rings is 1. The Morgan fingerprint density at radius 1 is 1.16 bits per heavy atom. The van der Waals surface area contributed by atoms with Crippen molar-refractivity contribution in [1.29, 1.82) is 0 Å². The minimum Gasteiger partial charge on any atom is -0.454 e. The summed E-state index contributed by atoms with van der Waals surface area (Å²) in [4.78, 5) is 0. The highest BCUT2D eigenvalue weighted by Gasteiger charge is 2.18. The van der Waals surface area contributed by atoms with Crippen LogP contribution in [0.3, 0.4) is 0 Å². The zero-order chi connectivity index (χ0) is 13.1. The van der Waals surface area contributed by atoms with Crippen LogP contribution in [0.4, 0.5) is 0 Å². The monoisotopic (exact) mass is 260 g/mol. The Kier molecular flexibility index (Phi) is 3.74. The SMILES string of the molecule is OCC(=Cc1ccc2c(c1)OCO2)C1CCCCC1. The predicted octanol–water partition coefficient (Wildman–Crippen LogP) is 3.37. The van der Waals surface area contributed by atoms with E-state index in [2.05, 4.69) is 6.08 Å². The van der Waals surface area contributed by atoms with Gasteiger partial charge in [-0.1, -0.05) is 31.4 Å². The van der Waals surface area contributed by atoms with Crippen LogP contribution in [0.5, 0.6) is 11.5 Å². The molecule has 1 aromatic rings. The highest BCUT2D eigenvalue weighted by molar-refractivity contribution is 5.59. The van der Waals surface area contributed by atoms with E-state index in [-0.39, 0.29) is 6.61 Å². The van der Waals surface area contributed by atoms with Crippen LogP contribution in [-0.2, 0) is 0 Å². The summed E-state index contributed by atoms with van der Waals surface area (Å²) in [6.45, 7) is 0.455. The number of hydrogen-bond acceptors (Lipinski definition) is 3. The lowest BCUT2D eigenvalue weighted by atomic mass is 9.83. The van der Waals surface area contributed by atoms with E-state index in [9.17, 15) is 5.11 Å². The van der Waals surface area contributed by atoms with Crippen LogP contribution in [0.25, 0.3) is 6.08 Å². The molecule has 0 atom stereocenters. The molecule has 1 N–H and O–H groups in total. The zero-order valence-electron chi connectivity index (χ0n) is 11.1. The number of aliphatic hydroxyl groups is 1. The molecule has 0 spiro atoms. The first kappa shape index (κ1) is 12.5.